The topological polar surface area (TPSA) is 76.8 Å². The van der Waals surface area contributed by atoms with Crippen LogP contribution in [0.25, 0.3) is 0 Å². The third-order valence-corrected chi connectivity index (χ3v) is 1.77. The van der Waals surface area contributed by atoms with E-state index in [0.717, 1.165) is 0 Å². The lowest BCUT2D eigenvalue weighted by Crippen LogP contribution is -2.21. The number of nitrogens with zero attached hydrogens (tertiary/aromatic N) is 2. The van der Waals surface area contributed by atoms with Crippen molar-refractivity contribution in [1.82, 2.24) is 15.2 Å². The number of hydrogen-bond donors (Lipinski definition) is 2. The first-order chi connectivity index (χ1) is 5.60. The molecule has 0 saturated carbocycles. The first kappa shape index (κ1) is 9.15. The molecule has 0 atom stereocenters. The summed E-state index contributed by atoms with van der Waals surface area (Å²) >= 11 is 0. The highest BCUT2D eigenvalue weighted by molar-refractivity contribution is 4.99. The van der Waals surface area contributed by atoms with Crippen LogP contribution in [0, 0.1) is 0 Å². The van der Waals surface area contributed by atoms with E-state index in [2.05, 4.69) is 15.2 Å². The van der Waals surface area contributed by atoms with Gasteiger partial charge in [-0.25, -0.2) is 4.98 Å². The third kappa shape index (κ3) is 1.62. The number of aromatic nitrogens is 3. The van der Waals surface area contributed by atoms with Crippen molar-refractivity contribution in [3.63, 3.8) is 0 Å². The molecule has 0 unspecified atom stereocenters. The largest absolute Gasteiger partial charge is 0.371 e. The zero-order chi connectivity index (χ0) is 9.19. The molecule has 0 radical (unpaired) electrons. The maximum absolute atomic E-state index is 5.37. The minimum absolute atomic E-state index is 0.368. The van der Waals surface area contributed by atoms with Crippen molar-refractivity contribution in [3.05, 3.63) is 11.6 Å². The third-order valence-electron chi connectivity index (χ3n) is 1.77. The Hall–Kier alpha value is -0.940. The highest BCUT2D eigenvalue weighted by Gasteiger charge is 2.24. The van der Waals surface area contributed by atoms with Gasteiger partial charge in [0.15, 0.2) is 5.82 Å². The van der Waals surface area contributed by atoms with Crippen molar-refractivity contribution in [2.24, 2.45) is 5.73 Å². The molecule has 0 amide bonds. The average molecular weight is 170 g/mol. The molecule has 0 saturated heterocycles. The number of H-pyrrole nitrogens is 1. The predicted octanol–water partition coefficient (Wildman–Crippen LogP) is 0.145. The predicted molar refractivity (Wildman–Crippen MR) is 44.3 cm³/mol. The van der Waals surface area contributed by atoms with Gasteiger partial charge < -0.3 is 10.5 Å². The zero-order valence-electron chi connectivity index (χ0n) is 7.59. The molecule has 0 aliphatic rings. The molecule has 5 nitrogen and oxygen atoms in total. The molecule has 0 aromatic carbocycles. The summed E-state index contributed by atoms with van der Waals surface area (Å²) in [6.07, 6.45) is 0. The normalized spacial score (nSPS) is 12.0. The van der Waals surface area contributed by atoms with Crippen molar-refractivity contribution < 1.29 is 4.74 Å². The molecule has 1 heterocycles. The minimum Gasteiger partial charge on any atom is -0.371 e. The average Bonchev–Trinajstić information content (AvgIpc) is 2.52. The van der Waals surface area contributed by atoms with Crippen LogP contribution in [0.3, 0.4) is 0 Å². The van der Waals surface area contributed by atoms with E-state index in [-0.39, 0.29) is 0 Å². The Balaban J connectivity index is 2.88. The monoisotopic (exact) mass is 170 g/mol. The van der Waals surface area contributed by atoms with Crippen LogP contribution >= 0.6 is 0 Å². The summed E-state index contributed by atoms with van der Waals surface area (Å²) in [5.41, 5.74) is 4.92. The molecular weight excluding hydrogens is 156 g/mol. The molecule has 0 aliphatic heterocycles. The van der Waals surface area contributed by atoms with Gasteiger partial charge in [-0.15, -0.1) is 0 Å². The molecule has 0 spiro atoms. The zero-order valence-corrected chi connectivity index (χ0v) is 7.59. The van der Waals surface area contributed by atoms with Crippen molar-refractivity contribution in [3.8, 4) is 0 Å². The summed E-state index contributed by atoms with van der Waals surface area (Å²) in [6.45, 7) is 4.17. The number of nitrogens with one attached hydrogen (secondary N) is 1. The number of ether oxygens (including phenoxy) is 1. The number of methoxy groups -OCH3 is 1. The molecule has 3 N–H and O–H groups in total. The maximum Gasteiger partial charge on any atom is 0.181 e. The first-order valence-electron chi connectivity index (χ1n) is 3.77. The molecule has 68 valence electrons. The lowest BCUT2D eigenvalue weighted by molar-refractivity contribution is 0.0117. The van der Waals surface area contributed by atoms with E-state index in [9.17, 15) is 0 Å². The molecule has 1 aromatic rings. The van der Waals surface area contributed by atoms with Crippen molar-refractivity contribution in [2.75, 3.05) is 7.11 Å². The van der Waals surface area contributed by atoms with E-state index < -0.39 is 5.60 Å². The van der Waals surface area contributed by atoms with Crippen LogP contribution in [0.15, 0.2) is 0 Å². The molecule has 1 rings (SSSR count). The van der Waals surface area contributed by atoms with Crippen LogP contribution in [0.4, 0.5) is 0 Å². The second kappa shape index (κ2) is 3.20. The van der Waals surface area contributed by atoms with Crippen molar-refractivity contribution >= 4 is 0 Å². The van der Waals surface area contributed by atoms with Crippen LogP contribution in [0.2, 0.25) is 0 Å². The maximum atomic E-state index is 5.37. The molecule has 5 heteroatoms. The van der Waals surface area contributed by atoms with Gasteiger partial charge in [-0.2, -0.15) is 5.10 Å². The summed E-state index contributed by atoms with van der Waals surface area (Å²) in [5.74, 6) is 1.31. The van der Waals surface area contributed by atoms with E-state index in [1.54, 1.807) is 7.11 Å². The van der Waals surface area contributed by atoms with Crippen molar-refractivity contribution in [1.29, 1.82) is 0 Å². The lowest BCUT2D eigenvalue weighted by atomic mass is 10.1. The molecule has 0 aliphatic carbocycles. The van der Waals surface area contributed by atoms with Gasteiger partial charge in [0.1, 0.15) is 11.4 Å². The molecule has 0 fully saturated rings. The second-order valence-electron chi connectivity index (χ2n) is 3.02. The van der Waals surface area contributed by atoms with E-state index in [4.69, 9.17) is 10.5 Å². The fourth-order valence-corrected chi connectivity index (χ4v) is 0.747. The Kier molecular flexibility index (Phi) is 2.44. The SMILES string of the molecule is COC(C)(C)c1n[nH]c(CN)n1. The van der Waals surface area contributed by atoms with Crippen LogP contribution in [-0.4, -0.2) is 22.3 Å². The van der Waals surface area contributed by atoms with Crippen molar-refractivity contribution in [2.45, 2.75) is 26.0 Å². The van der Waals surface area contributed by atoms with Gasteiger partial charge in [-0.3, -0.25) is 5.10 Å². The minimum atomic E-state index is -0.454. The number of aromatic amines is 1. The fraction of sp³-hybridized carbons (Fsp3) is 0.714. The Morgan fingerprint density at radius 3 is 2.67 bits per heavy atom. The van der Waals surface area contributed by atoms with E-state index in [1.807, 2.05) is 13.8 Å². The Morgan fingerprint density at radius 2 is 2.25 bits per heavy atom. The van der Waals surface area contributed by atoms with E-state index in [1.165, 1.54) is 0 Å². The highest BCUT2D eigenvalue weighted by atomic mass is 16.5. The molecule has 0 bridgehead atoms. The van der Waals surface area contributed by atoms with Gasteiger partial charge >= 0.3 is 0 Å². The smallest absolute Gasteiger partial charge is 0.181 e. The fourth-order valence-electron chi connectivity index (χ4n) is 0.747. The Morgan fingerprint density at radius 1 is 1.58 bits per heavy atom. The Bertz CT molecular complexity index is 256. The quantitative estimate of drug-likeness (QED) is 0.676. The number of rotatable bonds is 3. The van der Waals surface area contributed by atoms with Crippen LogP contribution < -0.4 is 5.73 Å². The summed E-state index contributed by atoms with van der Waals surface area (Å²) in [5, 5.41) is 6.72. The summed E-state index contributed by atoms with van der Waals surface area (Å²) < 4.78 is 5.20. The van der Waals surface area contributed by atoms with Gasteiger partial charge in [0.2, 0.25) is 0 Å². The van der Waals surface area contributed by atoms with Gasteiger partial charge in [0.05, 0.1) is 6.54 Å². The summed E-state index contributed by atoms with van der Waals surface area (Å²) in [4.78, 5) is 4.15. The lowest BCUT2D eigenvalue weighted by Gasteiger charge is -2.17. The summed E-state index contributed by atoms with van der Waals surface area (Å²) in [6, 6.07) is 0. The van der Waals surface area contributed by atoms with Gasteiger partial charge in [0.25, 0.3) is 0 Å². The number of hydrogen-bond acceptors (Lipinski definition) is 4. The molecule has 1 aromatic heterocycles. The molecule has 12 heavy (non-hydrogen) atoms. The van der Waals surface area contributed by atoms with Crippen LogP contribution in [-0.2, 0) is 16.9 Å². The molecular formula is C7H14N4O. The second-order valence-corrected chi connectivity index (χ2v) is 3.02. The first-order valence-corrected chi connectivity index (χ1v) is 3.77. The van der Waals surface area contributed by atoms with E-state index >= 15 is 0 Å². The highest BCUT2D eigenvalue weighted by Crippen LogP contribution is 2.18. The van der Waals surface area contributed by atoms with Crippen LogP contribution in [0.1, 0.15) is 25.5 Å². The standard InChI is InChI=1S/C7H14N4O/c1-7(2,12-3)6-9-5(4-8)10-11-6/h4,8H2,1-3H3,(H,9,10,11). The van der Waals surface area contributed by atoms with E-state index in [0.29, 0.717) is 18.2 Å². The Labute approximate surface area is 71.3 Å². The van der Waals surface area contributed by atoms with Gasteiger partial charge in [-0.1, -0.05) is 0 Å². The number of nitrogens with two attached hydrogens (primary N) is 1. The van der Waals surface area contributed by atoms with Crippen LogP contribution in [0.5, 0.6) is 0 Å². The summed E-state index contributed by atoms with van der Waals surface area (Å²) in [7, 11) is 1.62. The van der Waals surface area contributed by atoms with Gasteiger partial charge in [0, 0.05) is 7.11 Å². The van der Waals surface area contributed by atoms with Gasteiger partial charge in [-0.05, 0) is 13.8 Å².